The number of aromatic nitrogens is 2. The summed E-state index contributed by atoms with van der Waals surface area (Å²) in [5.41, 5.74) is 1.60. The van der Waals surface area contributed by atoms with Crippen molar-refractivity contribution < 1.29 is 9.53 Å². The highest BCUT2D eigenvalue weighted by atomic mass is 35.5. The van der Waals surface area contributed by atoms with Crippen LogP contribution in [0.3, 0.4) is 0 Å². The molecular formula is C17H18Cl2N4O2. The molecule has 2 heterocycles. The lowest BCUT2D eigenvalue weighted by atomic mass is 10.1. The number of alkyl carbamates (subject to hydrolysis) is 1. The lowest BCUT2D eigenvalue weighted by Crippen LogP contribution is -2.39. The number of nitrogens with one attached hydrogen (secondary N) is 1. The van der Waals surface area contributed by atoms with Gasteiger partial charge in [-0.05, 0) is 24.3 Å². The van der Waals surface area contributed by atoms with E-state index in [1.165, 1.54) is 0 Å². The van der Waals surface area contributed by atoms with Crippen LogP contribution in [0.15, 0.2) is 30.3 Å². The first-order valence-corrected chi connectivity index (χ1v) is 8.75. The first-order valence-electron chi connectivity index (χ1n) is 7.99. The Hall–Kier alpha value is -2.05. The third kappa shape index (κ3) is 4.32. The number of nitrogens with zero attached hydrogens (tertiary/aromatic N) is 3. The summed E-state index contributed by atoms with van der Waals surface area (Å²) in [7, 11) is 1.56. The number of anilines is 1. The third-order valence-corrected chi connectivity index (χ3v) is 4.85. The van der Waals surface area contributed by atoms with Crippen molar-refractivity contribution in [3.63, 3.8) is 0 Å². The van der Waals surface area contributed by atoms with Gasteiger partial charge in [-0.3, -0.25) is 0 Å². The predicted molar refractivity (Wildman–Crippen MR) is 98.3 cm³/mol. The van der Waals surface area contributed by atoms with Gasteiger partial charge in [-0.15, -0.1) is 10.2 Å². The van der Waals surface area contributed by atoms with Gasteiger partial charge in [-0.1, -0.05) is 29.3 Å². The summed E-state index contributed by atoms with van der Waals surface area (Å²) in [5.74, 6) is 0.808. The SMILES string of the molecule is CNC(=O)OC1CCN(c2ccc(-c3ccc(Cl)c(Cl)c3)nn2)CC1. The third-order valence-electron chi connectivity index (χ3n) is 4.11. The number of hydrogen-bond donors (Lipinski definition) is 1. The van der Waals surface area contributed by atoms with Crippen LogP contribution >= 0.6 is 23.2 Å². The Morgan fingerprint density at radius 2 is 1.92 bits per heavy atom. The molecule has 132 valence electrons. The van der Waals surface area contributed by atoms with Crippen LogP contribution in [0.1, 0.15) is 12.8 Å². The van der Waals surface area contributed by atoms with Crippen LogP contribution in [-0.2, 0) is 4.74 Å². The maximum atomic E-state index is 11.3. The zero-order valence-corrected chi connectivity index (χ0v) is 15.2. The average Bonchev–Trinajstić information content (AvgIpc) is 2.65. The van der Waals surface area contributed by atoms with Crippen molar-refractivity contribution in [2.75, 3.05) is 25.0 Å². The lowest BCUT2D eigenvalue weighted by molar-refractivity contribution is 0.0848. The minimum Gasteiger partial charge on any atom is -0.446 e. The molecule has 1 aromatic heterocycles. The molecule has 0 atom stereocenters. The van der Waals surface area contributed by atoms with Crippen molar-refractivity contribution in [3.05, 3.63) is 40.4 Å². The Labute approximate surface area is 156 Å². The Morgan fingerprint density at radius 3 is 2.52 bits per heavy atom. The Balaban J connectivity index is 1.63. The smallest absolute Gasteiger partial charge is 0.407 e. The van der Waals surface area contributed by atoms with Crippen molar-refractivity contribution in [3.8, 4) is 11.3 Å². The summed E-state index contributed by atoms with van der Waals surface area (Å²) in [4.78, 5) is 13.4. The van der Waals surface area contributed by atoms with Crippen molar-refractivity contribution >= 4 is 35.1 Å². The van der Waals surface area contributed by atoms with Crippen LogP contribution in [0.4, 0.5) is 10.6 Å². The summed E-state index contributed by atoms with van der Waals surface area (Å²) < 4.78 is 5.29. The number of carbonyl (C=O) groups is 1. The maximum absolute atomic E-state index is 11.3. The molecule has 25 heavy (non-hydrogen) atoms. The van der Waals surface area contributed by atoms with Gasteiger partial charge in [0.2, 0.25) is 0 Å². The minimum atomic E-state index is -0.385. The lowest BCUT2D eigenvalue weighted by Gasteiger charge is -2.32. The zero-order valence-electron chi connectivity index (χ0n) is 13.7. The van der Waals surface area contributed by atoms with Gasteiger partial charge in [-0.25, -0.2) is 4.79 Å². The van der Waals surface area contributed by atoms with Gasteiger partial charge in [0.15, 0.2) is 5.82 Å². The summed E-state index contributed by atoms with van der Waals surface area (Å²) in [5, 5.41) is 12.1. The molecule has 0 saturated carbocycles. The molecule has 1 saturated heterocycles. The number of ether oxygens (including phenoxy) is 1. The minimum absolute atomic E-state index is 0.0559. The monoisotopic (exact) mass is 380 g/mol. The highest BCUT2D eigenvalue weighted by molar-refractivity contribution is 6.42. The predicted octanol–water partition coefficient (Wildman–Crippen LogP) is 3.78. The number of carbonyl (C=O) groups excluding carboxylic acids is 1. The van der Waals surface area contributed by atoms with Gasteiger partial charge >= 0.3 is 6.09 Å². The molecule has 1 aliphatic rings. The van der Waals surface area contributed by atoms with Gasteiger partial charge in [0.05, 0.1) is 15.7 Å². The van der Waals surface area contributed by atoms with E-state index in [0.717, 1.165) is 43.0 Å². The highest BCUT2D eigenvalue weighted by Crippen LogP contribution is 2.28. The fourth-order valence-corrected chi connectivity index (χ4v) is 3.01. The van der Waals surface area contributed by atoms with Gasteiger partial charge in [-0.2, -0.15) is 0 Å². The molecule has 0 spiro atoms. The maximum Gasteiger partial charge on any atom is 0.407 e. The molecule has 0 radical (unpaired) electrons. The summed E-state index contributed by atoms with van der Waals surface area (Å²) in [6.45, 7) is 1.53. The van der Waals surface area contributed by atoms with Crippen LogP contribution < -0.4 is 10.2 Å². The van der Waals surface area contributed by atoms with Crippen LogP contribution in [-0.4, -0.2) is 42.5 Å². The number of amides is 1. The quantitative estimate of drug-likeness (QED) is 0.877. The highest BCUT2D eigenvalue weighted by Gasteiger charge is 2.23. The van der Waals surface area contributed by atoms with E-state index in [4.69, 9.17) is 27.9 Å². The molecule has 1 fully saturated rings. The van der Waals surface area contributed by atoms with Gasteiger partial charge in [0.1, 0.15) is 6.10 Å². The van der Waals surface area contributed by atoms with Crippen LogP contribution in [0, 0.1) is 0 Å². The van der Waals surface area contributed by atoms with E-state index in [1.54, 1.807) is 19.2 Å². The second-order valence-corrected chi connectivity index (χ2v) is 6.56. The molecule has 8 heteroatoms. The molecular weight excluding hydrogens is 363 g/mol. The molecule has 2 aromatic rings. The molecule has 0 unspecified atom stereocenters. The number of halogens is 2. The van der Waals surface area contributed by atoms with E-state index in [1.807, 2.05) is 18.2 Å². The van der Waals surface area contributed by atoms with E-state index in [0.29, 0.717) is 10.0 Å². The normalized spacial score (nSPS) is 15.1. The fourth-order valence-electron chi connectivity index (χ4n) is 2.72. The van der Waals surface area contributed by atoms with Gasteiger partial charge in [0.25, 0.3) is 0 Å². The Bertz CT molecular complexity index is 747. The number of rotatable bonds is 3. The molecule has 1 aliphatic heterocycles. The fraction of sp³-hybridized carbons (Fsp3) is 0.353. The second-order valence-electron chi connectivity index (χ2n) is 5.75. The first-order chi connectivity index (χ1) is 12.1. The second kappa shape index (κ2) is 7.89. The van der Waals surface area contributed by atoms with E-state index in [-0.39, 0.29) is 12.2 Å². The molecule has 1 amide bonds. The zero-order chi connectivity index (χ0) is 17.8. The topological polar surface area (TPSA) is 67.3 Å². The van der Waals surface area contributed by atoms with Crippen molar-refractivity contribution in [2.45, 2.75) is 18.9 Å². The summed E-state index contributed by atoms with van der Waals surface area (Å²) in [6, 6.07) is 9.22. The average molecular weight is 381 g/mol. The molecule has 1 N–H and O–H groups in total. The Morgan fingerprint density at radius 1 is 1.16 bits per heavy atom. The molecule has 0 aliphatic carbocycles. The van der Waals surface area contributed by atoms with Gasteiger partial charge < -0.3 is 15.0 Å². The first kappa shape index (κ1) is 17.8. The largest absolute Gasteiger partial charge is 0.446 e. The van der Waals surface area contributed by atoms with Crippen molar-refractivity contribution in [1.29, 1.82) is 0 Å². The van der Waals surface area contributed by atoms with E-state index in [2.05, 4.69) is 20.4 Å². The van der Waals surface area contributed by atoms with Crippen LogP contribution in [0.5, 0.6) is 0 Å². The standard InChI is InChI=1S/C17H18Cl2N4O2/c1-20-17(24)25-12-6-8-23(9-7-12)16-5-4-15(21-22-16)11-2-3-13(18)14(19)10-11/h2-5,10,12H,6-9H2,1H3,(H,20,24). The van der Waals surface area contributed by atoms with Gasteiger partial charge in [0, 0.05) is 38.5 Å². The molecule has 3 rings (SSSR count). The summed E-state index contributed by atoms with van der Waals surface area (Å²) in [6.07, 6.45) is 1.09. The summed E-state index contributed by atoms with van der Waals surface area (Å²) >= 11 is 12.0. The van der Waals surface area contributed by atoms with Crippen molar-refractivity contribution in [2.24, 2.45) is 0 Å². The molecule has 0 bridgehead atoms. The number of benzene rings is 1. The Kier molecular flexibility index (Phi) is 5.60. The molecule has 1 aromatic carbocycles. The number of hydrogen-bond acceptors (Lipinski definition) is 5. The van der Waals surface area contributed by atoms with E-state index >= 15 is 0 Å². The molecule has 6 nitrogen and oxygen atoms in total. The van der Waals surface area contributed by atoms with Crippen LogP contribution in [0.25, 0.3) is 11.3 Å². The van der Waals surface area contributed by atoms with E-state index in [9.17, 15) is 4.79 Å². The number of piperidine rings is 1. The van der Waals surface area contributed by atoms with Crippen LogP contribution in [0.2, 0.25) is 10.0 Å². The van der Waals surface area contributed by atoms with Crippen molar-refractivity contribution in [1.82, 2.24) is 15.5 Å². The van der Waals surface area contributed by atoms with E-state index < -0.39 is 0 Å².